The highest BCUT2D eigenvalue weighted by atomic mass is 79.9. The zero-order valence-corrected chi connectivity index (χ0v) is 16.3. The van der Waals surface area contributed by atoms with Crippen LogP contribution in [0.1, 0.15) is 26.4 Å². The summed E-state index contributed by atoms with van der Waals surface area (Å²) in [6.07, 6.45) is 1.73. The number of halogens is 1. The Kier molecular flexibility index (Phi) is 4.71. The van der Waals surface area contributed by atoms with Gasteiger partial charge in [0.05, 0.1) is 16.8 Å². The fourth-order valence-corrected chi connectivity index (χ4v) is 3.42. The van der Waals surface area contributed by atoms with Crippen molar-refractivity contribution in [2.45, 2.75) is 0 Å². The molecule has 0 spiro atoms. The summed E-state index contributed by atoms with van der Waals surface area (Å²) in [5.74, 6) is -0.599. The molecular formula is C22H16BrN3O2. The molecule has 1 amide bonds. The van der Waals surface area contributed by atoms with E-state index in [1.165, 1.54) is 0 Å². The minimum Gasteiger partial charge on any atom is -0.396 e. The Morgan fingerprint density at radius 1 is 0.893 bits per heavy atom. The number of carbonyl (C=O) groups excluding carboxylic acids is 2. The molecule has 0 atom stereocenters. The summed E-state index contributed by atoms with van der Waals surface area (Å²) in [6, 6.07) is 21.5. The van der Waals surface area contributed by atoms with Crippen LogP contribution < -0.4 is 11.1 Å². The molecule has 3 N–H and O–H groups in total. The molecule has 0 bridgehead atoms. The highest BCUT2D eigenvalue weighted by Gasteiger charge is 2.26. The Bertz CT molecular complexity index is 1180. The largest absolute Gasteiger partial charge is 0.396 e. The zero-order valence-electron chi connectivity index (χ0n) is 14.7. The normalized spacial score (nSPS) is 10.8. The van der Waals surface area contributed by atoms with Gasteiger partial charge >= 0.3 is 0 Å². The molecule has 5 nitrogen and oxygen atoms in total. The number of nitrogen functional groups attached to an aromatic ring is 1. The number of benzene rings is 2. The number of nitrogens with two attached hydrogens (primary N) is 1. The maximum absolute atomic E-state index is 13.1. The Morgan fingerprint density at radius 2 is 1.57 bits per heavy atom. The lowest BCUT2D eigenvalue weighted by Gasteiger charge is -2.06. The van der Waals surface area contributed by atoms with Gasteiger partial charge in [0.15, 0.2) is 0 Å². The Hall–Kier alpha value is -3.38. The van der Waals surface area contributed by atoms with Crippen molar-refractivity contribution in [3.8, 4) is 0 Å². The topological polar surface area (TPSA) is 76.6 Å². The quantitative estimate of drug-likeness (QED) is 0.455. The molecule has 0 saturated carbocycles. The predicted molar refractivity (Wildman–Crippen MR) is 114 cm³/mol. The van der Waals surface area contributed by atoms with Crippen LogP contribution in [0.15, 0.2) is 83.5 Å². The third kappa shape index (κ3) is 3.18. The van der Waals surface area contributed by atoms with Gasteiger partial charge in [-0.15, -0.1) is 0 Å². The molecular weight excluding hydrogens is 418 g/mol. The van der Waals surface area contributed by atoms with Gasteiger partial charge in [-0.2, -0.15) is 0 Å². The number of nitrogens with zero attached hydrogens (tertiary/aromatic N) is 1. The number of carbonyl (C=O) groups is 2. The second-order valence-electron chi connectivity index (χ2n) is 6.25. The summed E-state index contributed by atoms with van der Waals surface area (Å²) in [5.41, 5.74) is 8.77. The fourth-order valence-electron chi connectivity index (χ4n) is 3.15. The average Bonchev–Trinajstić information content (AvgIpc) is 3.01. The van der Waals surface area contributed by atoms with Crippen molar-refractivity contribution in [2.75, 3.05) is 11.1 Å². The molecule has 0 aliphatic carbocycles. The first-order valence-corrected chi connectivity index (χ1v) is 9.41. The number of anilines is 2. The summed E-state index contributed by atoms with van der Waals surface area (Å²) in [5, 5.41) is 2.85. The first kappa shape index (κ1) is 18.0. The SMILES string of the molecule is Nc1c(C(=O)Nc2ccc(Br)cc2)c2ccccn2c1C(=O)c1ccccc1. The lowest BCUT2D eigenvalue weighted by molar-refractivity contribution is 0.102. The Labute approximate surface area is 169 Å². The van der Waals surface area contributed by atoms with Crippen LogP contribution in [0, 0.1) is 0 Å². The average molecular weight is 434 g/mol. The molecule has 138 valence electrons. The molecule has 0 radical (unpaired) electrons. The monoisotopic (exact) mass is 433 g/mol. The second kappa shape index (κ2) is 7.32. The van der Waals surface area contributed by atoms with Crippen molar-refractivity contribution in [1.29, 1.82) is 0 Å². The van der Waals surface area contributed by atoms with Crippen LogP contribution >= 0.6 is 15.9 Å². The summed E-state index contributed by atoms with van der Waals surface area (Å²) in [4.78, 5) is 26.1. The van der Waals surface area contributed by atoms with Crippen LogP contribution in [0.3, 0.4) is 0 Å². The smallest absolute Gasteiger partial charge is 0.259 e. The molecule has 0 aliphatic heterocycles. The number of amides is 1. The minimum atomic E-state index is -0.365. The van der Waals surface area contributed by atoms with Crippen LogP contribution in [-0.2, 0) is 0 Å². The number of rotatable bonds is 4. The van der Waals surface area contributed by atoms with E-state index >= 15 is 0 Å². The molecule has 2 aromatic carbocycles. The van der Waals surface area contributed by atoms with Crippen LogP contribution in [0.25, 0.3) is 5.52 Å². The standard InChI is InChI=1S/C22H16BrN3O2/c23-15-9-11-16(12-10-15)25-22(28)18-17-8-4-5-13-26(17)20(19(18)24)21(27)14-6-2-1-3-7-14/h1-13H,24H2,(H,25,28). The Balaban J connectivity index is 1.81. The zero-order chi connectivity index (χ0) is 19.7. The van der Waals surface area contributed by atoms with E-state index < -0.39 is 0 Å². The van der Waals surface area contributed by atoms with E-state index in [0.29, 0.717) is 16.8 Å². The van der Waals surface area contributed by atoms with Gasteiger partial charge in [0.25, 0.3) is 5.91 Å². The number of fused-ring (bicyclic) bond motifs is 1. The van der Waals surface area contributed by atoms with E-state index in [-0.39, 0.29) is 28.6 Å². The van der Waals surface area contributed by atoms with E-state index in [2.05, 4.69) is 21.2 Å². The van der Waals surface area contributed by atoms with Crippen LogP contribution in [0.4, 0.5) is 11.4 Å². The van der Waals surface area contributed by atoms with Crippen molar-refractivity contribution in [3.63, 3.8) is 0 Å². The van der Waals surface area contributed by atoms with Gasteiger partial charge < -0.3 is 15.5 Å². The molecule has 2 aromatic heterocycles. The van der Waals surface area contributed by atoms with Crippen LogP contribution in [0.2, 0.25) is 0 Å². The second-order valence-corrected chi connectivity index (χ2v) is 7.17. The highest BCUT2D eigenvalue weighted by molar-refractivity contribution is 9.10. The van der Waals surface area contributed by atoms with Crippen LogP contribution in [0.5, 0.6) is 0 Å². The summed E-state index contributed by atoms with van der Waals surface area (Å²) in [6.45, 7) is 0. The maximum atomic E-state index is 13.1. The van der Waals surface area contributed by atoms with Gasteiger partial charge in [0.2, 0.25) is 5.78 Å². The van der Waals surface area contributed by atoms with E-state index in [1.54, 1.807) is 59.1 Å². The van der Waals surface area contributed by atoms with E-state index in [4.69, 9.17) is 5.73 Å². The molecule has 4 aromatic rings. The molecule has 4 rings (SSSR count). The third-order valence-electron chi connectivity index (χ3n) is 4.46. The molecule has 0 fully saturated rings. The lowest BCUT2D eigenvalue weighted by atomic mass is 10.1. The van der Waals surface area contributed by atoms with Crippen molar-refractivity contribution >= 4 is 44.5 Å². The first-order chi connectivity index (χ1) is 13.6. The molecule has 0 saturated heterocycles. The lowest BCUT2D eigenvalue weighted by Crippen LogP contribution is -2.14. The summed E-state index contributed by atoms with van der Waals surface area (Å²) < 4.78 is 2.58. The van der Waals surface area contributed by atoms with Crippen molar-refractivity contribution in [2.24, 2.45) is 0 Å². The van der Waals surface area contributed by atoms with E-state index in [9.17, 15) is 9.59 Å². The van der Waals surface area contributed by atoms with Crippen molar-refractivity contribution in [3.05, 3.63) is 100 Å². The Morgan fingerprint density at radius 3 is 2.29 bits per heavy atom. The number of hydrogen-bond donors (Lipinski definition) is 2. The highest BCUT2D eigenvalue weighted by Crippen LogP contribution is 2.29. The van der Waals surface area contributed by atoms with Gasteiger partial charge in [-0.3, -0.25) is 9.59 Å². The first-order valence-electron chi connectivity index (χ1n) is 8.61. The van der Waals surface area contributed by atoms with E-state index in [1.807, 2.05) is 24.3 Å². The molecule has 2 heterocycles. The summed E-state index contributed by atoms with van der Waals surface area (Å²) >= 11 is 3.37. The van der Waals surface area contributed by atoms with E-state index in [0.717, 1.165) is 4.47 Å². The van der Waals surface area contributed by atoms with Gasteiger partial charge in [0, 0.05) is 21.9 Å². The van der Waals surface area contributed by atoms with Gasteiger partial charge in [0.1, 0.15) is 5.69 Å². The number of ketones is 1. The number of pyridine rings is 1. The number of aromatic nitrogens is 1. The predicted octanol–water partition coefficient (Wildman–Crippen LogP) is 4.77. The molecule has 6 heteroatoms. The molecule has 0 unspecified atom stereocenters. The minimum absolute atomic E-state index is 0.162. The van der Waals surface area contributed by atoms with Gasteiger partial charge in [-0.1, -0.05) is 52.3 Å². The van der Waals surface area contributed by atoms with Gasteiger partial charge in [-0.25, -0.2) is 0 Å². The van der Waals surface area contributed by atoms with Crippen LogP contribution in [-0.4, -0.2) is 16.1 Å². The molecule has 28 heavy (non-hydrogen) atoms. The fraction of sp³-hybridized carbons (Fsp3) is 0. The van der Waals surface area contributed by atoms with Gasteiger partial charge in [-0.05, 0) is 36.4 Å². The summed E-state index contributed by atoms with van der Waals surface area (Å²) in [7, 11) is 0. The maximum Gasteiger partial charge on any atom is 0.259 e. The van der Waals surface area contributed by atoms with Crippen molar-refractivity contribution < 1.29 is 9.59 Å². The molecule has 0 aliphatic rings. The van der Waals surface area contributed by atoms with Crippen molar-refractivity contribution in [1.82, 2.24) is 4.40 Å². The third-order valence-corrected chi connectivity index (χ3v) is 4.99. The number of hydrogen-bond acceptors (Lipinski definition) is 3. The number of nitrogens with one attached hydrogen (secondary N) is 1.